The number of nitrogens with zero attached hydrogens (tertiary/aromatic N) is 2. The summed E-state index contributed by atoms with van der Waals surface area (Å²) in [6.45, 7) is 8.47. The Bertz CT molecular complexity index is 1430. The fourth-order valence-corrected chi connectivity index (χ4v) is 3.90. The van der Waals surface area contributed by atoms with E-state index in [4.69, 9.17) is 14.2 Å². The van der Waals surface area contributed by atoms with Crippen molar-refractivity contribution in [2.24, 2.45) is 0 Å². The van der Waals surface area contributed by atoms with Gasteiger partial charge in [0.2, 0.25) is 11.8 Å². The quantitative estimate of drug-likeness (QED) is 0.213. The molecule has 1 unspecified atom stereocenters. The van der Waals surface area contributed by atoms with E-state index in [-0.39, 0.29) is 31.5 Å². The van der Waals surface area contributed by atoms with Crippen molar-refractivity contribution in [2.75, 3.05) is 19.0 Å². The molecule has 4 amide bonds. The first-order valence-corrected chi connectivity index (χ1v) is 14.4. The van der Waals surface area contributed by atoms with Crippen LogP contribution in [0.2, 0.25) is 0 Å². The Kier molecular flexibility index (Phi) is 12.1. The number of benzene rings is 2. The molecule has 1 aromatic heterocycles. The fourth-order valence-electron chi connectivity index (χ4n) is 3.90. The Labute approximate surface area is 263 Å². The molecular formula is C32H42N6O7. The minimum atomic E-state index is -1.42. The smallest absolute Gasteiger partial charge is 0.408 e. The monoisotopic (exact) mass is 622 g/mol. The average molecular weight is 623 g/mol. The fraction of sp³-hybridized carbons (Fsp3) is 0.406. The van der Waals surface area contributed by atoms with E-state index in [2.05, 4.69) is 26.3 Å². The third-order valence-corrected chi connectivity index (χ3v) is 6.26. The average Bonchev–Trinajstić information content (AvgIpc) is 3.41. The highest BCUT2D eigenvalue weighted by molar-refractivity contribution is 5.98. The summed E-state index contributed by atoms with van der Waals surface area (Å²) in [6, 6.07) is 15.6. The molecule has 45 heavy (non-hydrogen) atoms. The maximum absolute atomic E-state index is 13.3. The van der Waals surface area contributed by atoms with Gasteiger partial charge in [-0.25, -0.2) is 9.78 Å². The van der Waals surface area contributed by atoms with Crippen molar-refractivity contribution in [3.8, 4) is 5.75 Å². The molecule has 0 bridgehead atoms. The lowest BCUT2D eigenvalue weighted by Crippen LogP contribution is -2.59. The molecule has 0 radical (unpaired) electrons. The van der Waals surface area contributed by atoms with Crippen LogP contribution < -0.4 is 26.0 Å². The Morgan fingerprint density at radius 1 is 0.933 bits per heavy atom. The second kappa shape index (κ2) is 15.7. The number of rotatable bonds is 14. The number of amides is 4. The van der Waals surface area contributed by atoms with E-state index in [0.717, 1.165) is 16.9 Å². The first-order chi connectivity index (χ1) is 21.2. The van der Waals surface area contributed by atoms with E-state index in [1.54, 1.807) is 27.9 Å². The number of carbonyl (C=O) groups excluding carboxylic acids is 4. The minimum Gasteiger partial charge on any atom is -0.497 e. The van der Waals surface area contributed by atoms with E-state index in [1.807, 2.05) is 54.6 Å². The van der Waals surface area contributed by atoms with Gasteiger partial charge in [0.05, 0.1) is 26.7 Å². The van der Waals surface area contributed by atoms with Crippen LogP contribution in [0.1, 0.15) is 45.7 Å². The maximum atomic E-state index is 13.3. The summed E-state index contributed by atoms with van der Waals surface area (Å²) >= 11 is 0. The topological polar surface area (TPSA) is 162 Å². The molecule has 242 valence electrons. The molecule has 0 fully saturated rings. The summed E-state index contributed by atoms with van der Waals surface area (Å²) in [5.41, 5.74) is -0.375. The van der Waals surface area contributed by atoms with Crippen molar-refractivity contribution in [1.82, 2.24) is 25.5 Å². The van der Waals surface area contributed by atoms with Crippen LogP contribution in [0.15, 0.2) is 67.1 Å². The van der Waals surface area contributed by atoms with Crippen LogP contribution >= 0.6 is 0 Å². The largest absolute Gasteiger partial charge is 0.497 e. The van der Waals surface area contributed by atoms with Crippen LogP contribution in [0.3, 0.4) is 0 Å². The van der Waals surface area contributed by atoms with Gasteiger partial charge >= 0.3 is 6.09 Å². The number of anilines is 1. The zero-order chi connectivity index (χ0) is 33.0. The van der Waals surface area contributed by atoms with Gasteiger partial charge in [-0.3, -0.25) is 14.4 Å². The van der Waals surface area contributed by atoms with Crippen molar-refractivity contribution in [3.05, 3.63) is 78.2 Å². The van der Waals surface area contributed by atoms with Crippen molar-refractivity contribution in [3.63, 3.8) is 0 Å². The zero-order valence-electron chi connectivity index (χ0n) is 26.5. The number of alkyl carbamates (subject to hydrolysis) is 1. The number of methoxy groups -OCH3 is 1. The molecule has 1 heterocycles. The van der Waals surface area contributed by atoms with E-state index in [1.165, 1.54) is 30.9 Å². The molecule has 3 aromatic rings. The zero-order valence-corrected chi connectivity index (χ0v) is 26.5. The molecule has 2 aromatic carbocycles. The highest BCUT2D eigenvalue weighted by Crippen LogP contribution is 2.12. The van der Waals surface area contributed by atoms with E-state index in [0.29, 0.717) is 6.54 Å². The number of aromatic nitrogens is 2. The number of hydrogen-bond acceptors (Lipinski definition) is 8. The summed E-state index contributed by atoms with van der Waals surface area (Å²) in [6.07, 6.45) is 2.14. The number of ether oxygens (including phenoxy) is 3. The SMILES string of the molecule is COc1ccc(CNC(=O)Cn2cnc(NC(=O)C(COCc3ccccc3)NC(=O)C(C)(C)NC(=O)OC(C)(C)C)c2)cc1. The minimum absolute atomic E-state index is 0.0239. The van der Waals surface area contributed by atoms with Crippen LogP contribution in [-0.4, -0.2) is 64.3 Å². The number of hydrogen-bond donors (Lipinski definition) is 4. The van der Waals surface area contributed by atoms with Gasteiger partial charge in [0.15, 0.2) is 5.82 Å². The third-order valence-electron chi connectivity index (χ3n) is 6.26. The van der Waals surface area contributed by atoms with Gasteiger partial charge in [0, 0.05) is 12.7 Å². The van der Waals surface area contributed by atoms with Gasteiger partial charge in [-0.05, 0) is 57.9 Å². The predicted octanol–water partition coefficient (Wildman–Crippen LogP) is 3.15. The van der Waals surface area contributed by atoms with Crippen LogP contribution in [-0.2, 0) is 43.6 Å². The molecule has 3 rings (SSSR count). The number of nitrogens with one attached hydrogen (secondary N) is 4. The van der Waals surface area contributed by atoms with Gasteiger partial charge in [-0.15, -0.1) is 0 Å². The van der Waals surface area contributed by atoms with Crippen LogP contribution in [0.4, 0.5) is 10.6 Å². The van der Waals surface area contributed by atoms with Crippen molar-refractivity contribution < 1.29 is 33.4 Å². The molecule has 0 aliphatic carbocycles. The van der Waals surface area contributed by atoms with Gasteiger partial charge < -0.3 is 40.0 Å². The van der Waals surface area contributed by atoms with Crippen LogP contribution in [0.25, 0.3) is 0 Å². The van der Waals surface area contributed by atoms with Gasteiger partial charge in [0.1, 0.15) is 29.5 Å². The second-order valence-corrected chi connectivity index (χ2v) is 11.8. The molecule has 0 saturated heterocycles. The van der Waals surface area contributed by atoms with Gasteiger partial charge in [-0.2, -0.15) is 0 Å². The molecule has 13 heteroatoms. The Balaban J connectivity index is 1.61. The van der Waals surface area contributed by atoms with Crippen LogP contribution in [0.5, 0.6) is 5.75 Å². The van der Waals surface area contributed by atoms with E-state index < -0.39 is 35.1 Å². The third kappa shape index (κ3) is 11.9. The summed E-state index contributed by atoms with van der Waals surface area (Å²) in [5, 5.41) is 10.7. The molecule has 0 saturated carbocycles. The first kappa shape index (κ1) is 34.6. The molecule has 13 nitrogen and oxygen atoms in total. The second-order valence-electron chi connectivity index (χ2n) is 11.8. The maximum Gasteiger partial charge on any atom is 0.408 e. The highest BCUT2D eigenvalue weighted by atomic mass is 16.6. The molecule has 4 N–H and O–H groups in total. The summed E-state index contributed by atoms with van der Waals surface area (Å²) < 4.78 is 17.7. The van der Waals surface area contributed by atoms with E-state index >= 15 is 0 Å². The van der Waals surface area contributed by atoms with E-state index in [9.17, 15) is 19.2 Å². The summed E-state index contributed by atoms with van der Waals surface area (Å²) in [5.74, 6) is -0.574. The predicted molar refractivity (Wildman–Crippen MR) is 167 cm³/mol. The number of imidazole rings is 1. The lowest BCUT2D eigenvalue weighted by molar-refractivity contribution is -0.131. The lowest BCUT2D eigenvalue weighted by atomic mass is 10.0. The lowest BCUT2D eigenvalue weighted by Gasteiger charge is -2.29. The van der Waals surface area contributed by atoms with Gasteiger partial charge in [-0.1, -0.05) is 42.5 Å². The van der Waals surface area contributed by atoms with Crippen molar-refractivity contribution in [1.29, 1.82) is 0 Å². The first-order valence-electron chi connectivity index (χ1n) is 14.4. The van der Waals surface area contributed by atoms with Gasteiger partial charge in [0.25, 0.3) is 5.91 Å². The Morgan fingerprint density at radius 3 is 2.27 bits per heavy atom. The molecule has 0 aliphatic heterocycles. The van der Waals surface area contributed by atoms with Crippen molar-refractivity contribution in [2.45, 2.75) is 71.5 Å². The van der Waals surface area contributed by atoms with Crippen molar-refractivity contribution >= 4 is 29.6 Å². The number of carbonyl (C=O) groups is 4. The molecular weight excluding hydrogens is 580 g/mol. The molecule has 0 aliphatic rings. The molecule has 0 spiro atoms. The standard InChI is InChI=1S/C32H42N6O7/c1-31(2,3)45-30(42)37-32(4,5)29(41)35-25(20-44-19-23-10-8-7-9-11-23)28(40)36-26-17-38(21-34-26)18-27(39)33-16-22-12-14-24(43-6)15-13-22/h7-15,17,21,25H,16,18-20H2,1-6H3,(H,33,39)(H,35,41)(H,36,40)(H,37,42). The summed E-state index contributed by atoms with van der Waals surface area (Å²) in [7, 11) is 1.59. The van der Waals surface area contributed by atoms with Crippen LogP contribution in [0, 0.1) is 0 Å². The highest BCUT2D eigenvalue weighted by Gasteiger charge is 2.34. The molecule has 1 atom stereocenters. The summed E-state index contributed by atoms with van der Waals surface area (Å²) in [4.78, 5) is 55.5. The normalized spacial score (nSPS) is 12.0. The Morgan fingerprint density at radius 2 is 1.62 bits per heavy atom. The Hall–Kier alpha value is -4.91.